The van der Waals surface area contributed by atoms with Crippen LogP contribution >= 0.6 is 19.4 Å². The van der Waals surface area contributed by atoms with Crippen LogP contribution < -0.4 is 10.1 Å². The molecule has 2 nitrogen and oxygen atoms in total. The van der Waals surface area contributed by atoms with Crippen molar-refractivity contribution in [3.63, 3.8) is 0 Å². The summed E-state index contributed by atoms with van der Waals surface area (Å²) in [5, 5.41) is 3.37. The van der Waals surface area contributed by atoms with Crippen molar-refractivity contribution in [1.29, 1.82) is 0 Å². The van der Waals surface area contributed by atoms with E-state index in [4.69, 9.17) is 24.1 Å². The third-order valence-electron chi connectivity index (χ3n) is 3.26. The van der Waals surface area contributed by atoms with Crippen LogP contribution in [0.2, 0.25) is 0 Å². The van der Waals surface area contributed by atoms with Gasteiger partial charge in [-0.1, -0.05) is 0 Å². The first-order valence-electron chi connectivity index (χ1n) is 7.48. The average molecular weight is 457 g/mol. The van der Waals surface area contributed by atoms with E-state index in [1.54, 1.807) is 10.7 Å². The van der Waals surface area contributed by atoms with Gasteiger partial charge in [-0.2, -0.15) is 0 Å². The van der Waals surface area contributed by atoms with Crippen molar-refractivity contribution in [2.24, 2.45) is 0 Å². The topological polar surface area (TPSA) is 21.3 Å². The number of rotatable bonds is 6. The van der Waals surface area contributed by atoms with E-state index in [1.807, 2.05) is 39.0 Å². The second-order valence-corrected chi connectivity index (χ2v) is 11.4. The third-order valence-corrected chi connectivity index (χ3v) is 5.09. The summed E-state index contributed by atoms with van der Waals surface area (Å²) in [4.78, 5) is 0. The molecule has 0 saturated heterocycles. The normalized spacial score (nSPS) is 11.4. The first-order valence-corrected chi connectivity index (χ1v) is 13.0. The summed E-state index contributed by atoms with van der Waals surface area (Å²) in [6.45, 7) is 6.53. The maximum atomic E-state index is 13.5. The van der Waals surface area contributed by atoms with Crippen molar-refractivity contribution < 1.29 is 22.6 Å². The van der Waals surface area contributed by atoms with E-state index in [-0.39, 0.29) is 11.9 Å². The molecule has 0 fully saturated rings. The standard InChI is InChI=1S/C18H20FNO.2ClH.Ru/c1-12(2)21-18-8-5-13(3)9-17(18)20-11-15-6-7-16(19)10-14(15)4;;;/h4-10,12,20H,11H2,1-3H3;2*1H;/q;;;+2/p-2. The molecule has 0 saturated carbocycles. The third kappa shape index (κ3) is 5.84. The molecule has 0 heterocycles. The van der Waals surface area contributed by atoms with Crippen molar-refractivity contribution >= 4 is 29.7 Å². The average Bonchev–Trinajstić information content (AvgIpc) is 2.48. The van der Waals surface area contributed by atoms with Crippen LogP contribution in [-0.4, -0.2) is 10.7 Å². The number of hydrogen-bond donors (Lipinski definition) is 1. The van der Waals surface area contributed by atoms with Gasteiger partial charge in [0, 0.05) is 0 Å². The van der Waals surface area contributed by atoms with Gasteiger partial charge in [-0.3, -0.25) is 0 Å². The number of ether oxygens (including phenoxy) is 1. The Bertz CT molecular complexity index is 746. The van der Waals surface area contributed by atoms with Gasteiger partial charge < -0.3 is 0 Å². The summed E-state index contributed by atoms with van der Waals surface area (Å²) >= 11 is -2.02. The van der Waals surface area contributed by atoms with Gasteiger partial charge in [-0.05, 0) is 0 Å². The summed E-state index contributed by atoms with van der Waals surface area (Å²) in [5.74, 6) is 0.499. The van der Waals surface area contributed by atoms with Crippen LogP contribution in [0.5, 0.6) is 5.75 Å². The van der Waals surface area contributed by atoms with E-state index >= 15 is 0 Å². The fourth-order valence-corrected chi connectivity index (χ4v) is 4.09. The monoisotopic (exact) mass is 457 g/mol. The number of aryl methyl sites for hydroxylation is 1. The van der Waals surface area contributed by atoms with Crippen LogP contribution in [0.15, 0.2) is 36.4 Å². The molecular formula is C18H20Cl2FNORu. The summed E-state index contributed by atoms with van der Waals surface area (Å²) < 4.78 is 21.1. The zero-order valence-corrected chi connectivity index (χ0v) is 17.0. The zero-order valence-electron chi connectivity index (χ0n) is 13.7. The molecule has 0 aliphatic rings. The Morgan fingerprint density at radius 1 is 1.21 bits per heavy atom. The first-order chi connectivity index (χ1) is 11.3. The summed E-state index contributed by atoms with van der Waals surface area (Å²) in [6, 6.07) is 10.7. The van der Waals surface area contributed by atoms with E-state index in [2.05, 4.69) is 5.32 Å². The number of halogens is 3. The summed E-state index contributed by atoms with van der Waals surface area (Å²) in [7, 11) is 11.9. The van der Waals surface area contributed by atoms with Gasteiger partial charge >= 0.3 is 156 Å². The second kappa shape index (κ2) is 8.94. The van der Waals surface area contributed by atoms with E-state index in [0.717, 1.165) is 28.1 Å². The Morgan fingerprint density at radius 2 is 1.96 bits per heavy atom. The van der Waals surface area contributed by atoms with Gasteiger partial charge in [-0.25, -0.2) is 0 Å². The molecule has 0 aliphatic heterocycles. The predicted octanol–water partition coefficient (Wildman–Crippen LogP) is 5.61. The summed E-state index contributed by atoms with van der Waals surface area (Å²) in [5.41, 5.74) is 3.72. The number of benzene rings is 2. The Hall–Kier alpha value is -0.957. The van der Waals surface area contributed by atoms with Crippen molar-refractivity contribution in [1.82, 2.24) is 0 Å². The van der Waals surface area contributed by atoms with E-state index in [9.17, 15) is 4.39 Å². The second-order valence-electron chi connectivity index (χ2n) is 5.67. The molecule has 0 aliphatic carbocycles. The number of hydrogen-bond acceptors (Lipinski definition) is 2. The zero-order chi connectivity index (χ0) is 17.7. The molecule has 0 spiro atoms. The van der Waals surface area contributed by atoms with Crippen LogP contribution in [0.3, 0.4) is 0 Å². The van der Waals surface area contributed by atoms with Crippen molar-refractivity contribution in [3.05, 3.63) is 58.9 Å². The molecule has 0 radical (unpaired) electrons. The molecule has 0 atom stereocenters. The maximum absolute atomic E-state index is 13.5. The van der Waals surface area contributed by atoms with Crippen LogP contribution in [0.4, 0.5) is 10.1 Å². The molecule has 6 heteroatoms. The van der Waals surface area contributed by atoms with Gasteiger partial charge in [-0.15, -0.1) is 0 Å². The van der Waals surface area contributed by atoms with Gasteiger partial charge in [0.1, 0.15) is 0 Å². The summed E-state index contributed by atoms with van der Waals surface area (Å²) in [6.07, 6.45) is 0.0856. The van der Waals surface area contributed by atoms with Crippen LogP contribution in [-0.2, 0) is 20.1 Å². The van der Waals surface area contributed by atoms with Gasteiger partial charge in [0.15, 0.2) is 0 Å². The van der Waals surface area contributed by atoms with E-state index in [1.165, 1.54) is 12.1 Å². The van der Waals surface area contributed by atoms with Crippen LogP contribution in [0.25, 0.3) is 0 Å². The molecule has 2 aromatic rings. The van der Waals surface area contributed by atoms with Crippen molar-refractivity contribution in [2.75, 3.05) is 5.32 Å². The molecule has 2 aromatic carbocycles. The van der Waals surface area contributed by atoms with E-state index < -0.39 is 13.5 Å². The van der Waals surface area contributed by atoms with Crippen molar-refractivity contribution in [2.45, 2.75) is 33.4 Å². The van der Waals surface area contributed by atoms with E-state index in [0.29, 0.717) is 6.54 Å². The first kappa shape index (κ1) is 19.4. The van der Waals surface area contributed by atoms with Gasteiger partial charge in [0.25, 0.3) is 0 Å². The number of anilines is 1. The minimum absolute atomic E-state index is 0.0856. The minimum atomic E-state index is -2.02. The quantitative estimate of drug-likeness (QED) is 0.570. The molecule has 1 N–H and O–H groups in total. The van der Waals surface area contributed by atoms with Crippen LogP contribution in [0.1, 0.15) is 30.5 Å². The number of nitrogens with one attached hydrogen (secondary N) is 1. The molecule has 24 heavy (non-hydrogen) atoms. The van der Waals surface area contributed by atoms with Crippen molar-refractivity contribution in [3.8, 4) is 5.75 Å². The Balaban J connectivity index is 2.25. The fraction of sp³-hybridized carbons (Fsp3) is 0.278. The SMILES string of the molecule is Cc1ccc(OC(C)C)c(NCc2ccc(F)cc2[CH]=[Ru]([Cl])[Cl])c1. The fourth-order valence-electron chi connectivity index (χ4n) is 2.23. The Morgan fingerprint density at radius 3 is 2.62 bits per heavy atom. The molecule has 0 bridgehead atoms. The molecular weight excluding hydrogens is 437 g/mol. The molecule has 2 rings (SSSR count). The molecule has 0 aromatic heterocycles. The Labute approximate surface area is 155 Å². The Kier molecular flexibility index (Phi) is 7.22. The van der Waals surface area contributed by atoms with Gasteiger partial charge in [0.2, 0.25) is 0 Å². The van der Waals surface area contributed by atoms with Crippen LogP contribution in [0, 0.1) is 12.7 Å². The molecule has 0 unspecified atom stereocenters. The molecule has 132 valence electrons. The molecule has 0 amide bonds. The van der Waals surface area contributed by atoms with Gasteiger partial charge in [0.05, 0.1) is 0 Å². The predicted molar refractivity (Wildman–Crippen MR) is 97.5 cm³/mol.